The average Bonchev–Trinajstić information content (AvgIpc) is 2.34. The smallest absolute Gasteiger partial charge is 0.180 e. The first-order chi connectivity index (χ1) is 4.74. The maximum atomic E-state index is 5.47. The molecule has 0 aliphatic rings. The summed E-state index contributed by atoms with van der Waals surface area (Å²) in [6.45, 7) is 0. The second-order valence-corrected chi connectivity index (χ2v) is 2.73. The summed E-state index contributed by atoms with van der Waals surface area (Å²) < 4.78 is 0. The fourth-order valence-electron chi connectivity index (χ4n) is 0.516. The first-order valence-corrected chi connectivity index (χ1v) is 3.49. The van der Waals surface area contributed by atoms with E-state index in [0.29, 0.717) is 11.0 Å². The van der Waals surface area contributed by atoms with Gasteiger partial charge in [-0.05, 0) is 0 Å². The van der Waals surface area contributed by atoms with Gasteiger partial charge in [-0.15, -0.1) is 0 Å². The molecule has 10 heavy (non-hydrogen) atoms. The Morgan fingerprint density at radius 3 is 2.90 bits per heavy atom. The number of nitrogen functional groups attached to an aromatic ring is 1. The minimum absolute atomic E-state index is 0.481. The zero-order valence-corrected chi connectivity index (χ0v) is 6.35. The fraction of sp³-hybridized carbons (Fsp3) is 0.200. The number of thiazole rings is 1. The summed E-state index contributed by atoms with van der Waals surface area (Å²) in [5.41, 5.74) is 10.8. The van der Waals surface area contributed by atoms with Crippen molar-refractivity contribution in [3.05, 3.63) is 11.1 Å². The van der Waals surface area contributed by atoms with Gasteiger partial charge in [0.2, 0.25) is 0 Å². The van der Waals surface area contributed by atoms with Crippen LogP contribution in [0.25, 0.3) is 0 Å². The molecule has 0 saturated carbocycles. The van der Waals surface area contributed by atoms with Crippen LogP contribution in [0.1, 0.15) is 4.88 Å². The number of amidine groups is 1. The number of hydrogen-bond donors (Lipinski definition) is 2. The average molecular weight is 156 g/mol. The third-order valence-electron chi connectivity index (χ3n) is 1.02. The third kappa shape index (κ3) is 1.24. The first-order valence-electron chi connectivity index (χ1n) is 2.68. The van der Waals surface area contributed by atoms with Crippen molar-refractivity contribution < 1.29 is 0 Å². The van der Waals surface area contributed by atoms with E-state index < -0.39 is 0 Å². The van der Waals surface area contributed by atoms with Crippen LogP contribution >= 0.6 is 11.3 Å². The van der Waals surface area contributed by atoms with Gasteiger partial charge in [0.1, 0.15) is 5.84 Å². The molecule has 0 aromatic carbocycles. The van der Waals surface area contributed by atoms with Crippen molar-refractivity contribution in [3.8, 4) is 0 Å². The van der Waals surface area contributed by atoms with Crippen molar-refractivity contribution in [1.29, 1.82) is 0 Å². The fourth-order valence-corrected chi connectivity index (χ4v) is 1.15. The predicted octanol–water partition coefficient (Wildman–Crippen LogP) is 0.0604. The molecule has 1 aromatic heterocycles. The predicted molar refractivity (Wildman–Crippen MR) is 43.2 cm³/mol. The van der Waals surface area contributed by atoms with E-state index >= 15 is 0 Å². The van der Waals surface area contributed by atoms with Crippen LogP contribution in [-0.4, -0.2) is 17.9 Å². The van der Waals surface area contributed by atoms with Crippen LogP contribution in [-0.2, 0) is 0 Å². The second kappa shape index (κ2) is 2.66. The number of nitrogens with two attached hydrogens (primary N) is 2. The third-order valence-corrected chi connectivity index (χ3v) is 1.87. The maximum absolute atomic E-state index is 5.47. The van der Waals surface area contributed by atoms with E-state index in [1.165, 1.54) is 11.3 Å². The molecule has 0 aliphatic heterocycles. The Bertz CT molecular complexity index is 252. The lowest BCUT2D eigenvalue weighted by atomic mass is 10.5. The number of rotatable bonds is 1. The van der Waals surface area contributed by atoms with Gasteiger partial charge in [-0.1, -0.05) is 11.3 Å². The molecule has 0 aliphatic carbocycles. The zero-order chi connectivity index (χ0) is 7.56. The normalized spacial score (nSPS) is 11.9. The highest BCUT2D eigenvalue weighted by Gasteiger charge is 2.00. The van der Waals surface area contributed by atoms with Gasteiger partial charge in [-0.3, -0.25) is 4.99 Å². The molecule has 1 rings (SSSR count). The molecule has 5 heteroatoms. The number of aromatic nitrogens is 1. The molecular weight excluding hydrogens is 148 g/mol. The highest BCUT2D eigenvalue weighted by Crippen LogP contribution is 2.13. The van der Waals surface area contributed by atoms with Gasteiger partial charge in [-0.25, -0.2) is 4.98 Å². The molecule has 0 radical (unpaired) electrons. The molecule has 0 bridgehead atoms. The summed E-state index contributed by atoms with van der Waals surface area (Å²) in [4.78, 5) is 8.42. The van der Waals surface area contributed by atoms with Crippen LogP contribution in [0, 0.1) is 0 Å². The van der Waals surface area contributed by atoms with E-state index in [0.717, 1.165) is 4.88 Å². The largest absolute Gasteiger partial charge is 0.383 e. The van der Waals surface area contributed by atoms with Crippen molar-refractivity contribution in [3.63, 3.8) is 0 Å². The van der Waals surface area contributed by atoms with Gasteiger partial charge in [0, 0.05) is 7.05 Å². The maximum Gasteiger partial charge on any atom is 0.180 e. The molecule has 0 amide bonds. The topological polar surface area (TPSA) is 77.3 Å². The number of anilines is 1. The lowest BCUT2D eigenvalue weighted by Crippen LogP contribution is -2.10. The quantitative estimate of drug-likeness (QED) is 0.446. The lowest BCUT2D eigenvalue weighted by molar-refractivity contribution is 1.38. The summed E-state index contributed by atoms with van der Waals surface area (Å²) in [6.07, 6.45) is 1.61. The van der Waals surface area contributed by atoms with Crippen LogP contribution in [0.5, 0.6) is 0 Å². The molecule has 4 nitrogen and oxygen atoms in total. The summed E-state index contributed by atoms with van der Waals surface area (Å²) in [5, 5.41) is 0.515. The van der Waals surface area contributed by atoms with E-state index in [2.05, 4.69) is 9.98 Å². The minimum atomic E-state index is 0.481. The highest BCUT2D eigenvalue weighted by molar-refractivity contribution is 7.17. The number of nitrogens with zero attached hydrogens (tertiary/aromatic N) is 2. The Labute approximate surface area is 62.6 Å². The highest BCUT2D eigenvalue weighted by atomic mass is 32.1. The molecule has 54 valence electrons. The van der Waals surface area contributed by atoms with Crippen LogP contribution < -0.4 is 11.5 Å². The number of aliphatic imine (C=N–C) groups is 1. The van der Waals surface area contributed by atoms with Crippen molar-refractivity contribution in [1.82, 2.24) is 4.98 Å². The van der Waals surface area contributed by atoms with Crippen molar-refractivity contribution in [2.24, 2.45) is 10.7 Å². The standard InChI is InChI=1S/C5H8N4S/c1-8-4(6)3-2-9-5(7)10-3/h2H,1H3,(H2,6,8)(H2,7,9). The van der Waals surface area contributed by atoms with E-state index in [4.69, 9.17) is 11.5 Å². The molecule has 1 heterocycles. The van der Waals surface area contributed by atoms with Crippen LogP contribution in [0.15, 0.2) is 11.2 Å². The summed E-state index contributed by atoms with van der Waals surface area (Å²) >= 11 is 1.33. The van der Waals surface area contributed by atoms with E-state index in [1.54, 1.807) is 13.2 Å². The monoisotopic (exact) mass is 156 g/mol. The molecule has 0 spiro atoms. The van der Waals surface area contributed by atoms with Crippen LogP contribution in [0.4, 0.5) is 5.13 Å². The molecule has 0 unspecified atom stereocenters. The van der Waals surface area contributed by atoms with Gasteiger partial charge in [0.05, 0.1) is 11.1 Å². The minimum Gasteiger partial charge on any atom is -0.383 e. The second-order valence-electron chi connectivity index (χ2n) is 1.67. The Kier molecular flexibility index (Phi) is 1.86. The molecule has 0 atom stereocenters. The number of hydrogen-bond acceptors (Lipinski definition) is 4. The Morgan fingerprint density at radius 2 is 2.50 bits per heavy atom. The first kappa shape index (κ1) is 7.01. The zero-order valence-electron chi connectivity index (χ0n) is 5.53. The Hall–Kier alpha value is -1.10. The summed E-state index contributed by atoms with van der Waals surface area (Å²) in [5.74, 6) is 0.481. The SMILES string of the molecule is CN=C(N)c1cnc(N)s1. The Balaban J connectivity index is 2.95. The van der Waals surface area contributed by atoms with Gasteiger partial charge < -0.3 is 11.5 Å². The van der Waals surface area contributed by atoms with Gasteiger partial charge >= 0.3 is 0 Å². The van der Waals surface area contributed by atoms with Crippen LogP contribution in [0.3, 0.4) is 0 Å². The van der Waals surface area contributed by atoms with Gasteiger partial charge in [0.25, 0.3) is 0 Å². The van der Waals surface area contributed by atoms with Crippen molar-refractivity contribution in [2.75, 3.05) is 12.8 Å². The molecule has 0 saturated heterocycles. The van der Waals surface area contributed by atoms with Crippen molar-refractivity contribution >= 4 is 22.3 Å². The Morgan fingerprint density at radius 1 is 1.80 bits per heavy atom. The van der Waals surface area contributed by atoms with Crippen LogP contribution in [0.2, 0.25) is 0 Å². The molecule has 0 fully saturated rings. The van der Waals surface area contributed by atoms with E-state index in [9.17, 15) is 0 Å². The molecule has 1 aromatic rings. The molecule has 4 N–H and O–H groups in total. The van der Waals surface area contributed by atoms with E-state index in [1.807, 2.05) is 0 Å². The lowest BCUT2D eigenvalue weighted by Gasteiger charge is -1.88. The summed E-state index contributed by atoms with van der Waals surface area (Å²) in [7, 11) is 1.63. The summed E-state index contributed by atoms with van der Waals surface area (Å²) in [6, 6.07) is 0. The molecular formula is C5H8N4S. The van der Waals surface area contributed by atoms with Crippen molar-refractivity contribution in [2.45, 2.75) is 0 Å². The van der Waals surface area contributed by atoms with E-state index in [-0.39, 0.29) is 0 Å². The van der Waals surface area contributed by atoms with Gasteiger partial charge in [0.15, 0.2) is 5.13 Å². The van der Waals surface area contributed by atoms with Gasteiger partial charge in [-0.2, -0.15) is 0 Å².